The van der Waals surface area contributed by atoms with Gasteiger partial charge in [-0.15, -0.1) is 0 Å². The first-order chi connectivity index (χ1) is 9.15. The van der Waals surface area contributed by atoms with E-state index in [0.29, 0.717) is 0 Å². The summed E-state index contributed by atoms with van der Waals surface area (Å²) >= 11 is 0. The summed E-state index contributed by atoms with van der Waals surface area (Å²) in [6.45, 7) is -0.171. The van der Waals surface area contributed by atoms with E-state index < -0.39 is 12.0 Å². The Morgan fingerprint density at radius 3 is 2.79 bits per heavy atom. The number of carbonyl (C=O) groups excluding carboxylic acids is 2. The molecule has 0 aliphatic carbocycles. The number of methoxy groups -OCH3 is 2. The fourth-order valence-corrected chi connectivity index (χ4v) is 1.23. The quantitative estimate of drug-likeness (QED) is 0.782. The summed E-state index contributed by atoms with van der Waals surface area (Å²) in [5, 5.41) is 4.81. The molecule has 0 heterocycles. The highest BCUT2D eigenvalue weighted by Crippen LogP contribution is 2.13. The molecule has 0 saturated heterocycles. The molecule has 0 bridgehead atoms. The van der Waals surface area contributed by atoms with Crippen molar-refractivity contribution < 1.29 is 19.1 Å². The maximum absolute atomic E-state index is 11.3. The summed E-state index contributed by atoms with van der Waals surface area (Å²) in [5.41, 5.74) is 0.882. The van der Waals surface area contributed by atoms with E-state index in [9.17, 15) is 9.59 Å². The zero-order chi connectivity index (χ0) is 14.1. The van der Waals surface area contributed by atoms with Crippen LogP contribution in [0.25, 0.3) is 6.08 Å². The Morgan fingerprint density at radius 2 is 2.11 bits per heavy atom. The van der Waals surface area contributed by atoms with Gasteiger partial charge in [-0.3, -0.25) is 4.79 Å². The number of benzene rings is 1. The van der Waals surface area contributed by atoms with Crippen molar-refractivity contribution in [1.82, 2.24) is 10.6 Å². The molecule has 6 heteroatoms. The fraction of sp³-hybridized carbons (Fsp3) is 0.231. The summed E-state index contributed by atoms with van der Waals surface area (Å²) in [6, 6.07) is 6.88. The molecule has 0 atom stereocenters. The largest absolute Gasteiger partial charge is 0.497 e. The van der Waals surface area contributed by atoms with Crippen LogP contribution in [0, 0.1) is 0 Å². The normalized spacial score (nSPS) is 10.0. The molecule has 0 aliphatic rings. The number of hydrogen-bond acceptors (Lipinski definition) is 4. The van der Waals surface area contributed by atoms with Gasteiger partial charge in [-0.25, -0.2) is 4.79 Å². The maximum Gasteiger partial charge on any atom is 0.325 e. The van der Waals surface area contributed by atoms with Crippen LogP contribution in [-0.4, -0.2) is 32.8 Å². The SMILES string of the molecule is COC(=O)CNC(=O)N/C=C/c1cccc(OC)c1. The van der Waals surface area contributed by atoms with Gasteiger partial charge in [0.2, 0.25) is 0 Å². The van der Waals surface area contributed by atoms with Crippen molar-refractivity contribution in [3.8, 4) is 5.75 Å². The first-order valence-electron chi connectivity index (χ1n) is 5.57. The van der Waals surface area contributed by atoms with Crippen LogP contribution < -0.4 is 15.4 Å². The molecule has 0 spiro atoms. The van der Waals surface area contributed by atoms with Crippen LogP contribution in [0.1, 0.15) is 5.56 Å². The molecule has 1 rings (SSSR count). The van der Waals surface area contributed by atoms with Crippen LogP contribution in [0.5, 0.6) is 5.75 Å². The van der Waals surface area contributed by atoms with Crippen molar-refractivity contribution >= 4 is 18.1 Å². The van der Waals surface area contributed by atoms with Gasteiger partial charge in [0, 0.05) is 6.20 Å². The Morgan fingerprint density at radius 1 is 1.32 bits per heavy atom. The van der Waals surface area contributed by atoms with Gasteiger partial charge in [0.05, 0.1) is 14.2 Å². The van der Waals surface area contributed by atoms with Crippen molar-refractivity contribution in [3.63, 3.8) is 0 Å². The van der Waals surface area contributed by atoms with Crippen LogP contribution in [0.3, 0.4) is 0 Å². The third kappa shape index (κ3) is 5.58. The minimum absolute atomic E-state index is 0.171. The van der Waals surface area contributed by atoms with Crippen molar-refractivity contribution in [2.45, 2.75) is 0 Å². The average molecular weight is 264 g/mol. The van der Waals surface area contributed by atoms with E-state index in [2.05, 4.69) is 15.4 Å². The predicted octanol–water partition coefficient (Wildman–Crippen LogP) is 1.14. The molecule has 102 valence electrons. The van der Waals surface area contributed by atoms with E-state index >= 15 is 0 Å². The molecule has 1 aromatic rings. The second-order valence-electron chi connectivity index (χ2n) is 3.51. The van der Waals surface area contributed by atoms with Gasteiger partial charge in [0.25, 0.3) is 0 Å². The van der Waals surface area contributed by atoms with Gasteiger partial charge in [-0.1, -0.05) is 12.1 Å². The zero-order valence-corrected chi connectivity index (χ0v) is 10.8. The molecule has 2 amide bonds. The molecule has 0 radical (unpaired) electrons. The first kappa shape index (κ1) is 14.6. The molecular weight excluding hydrogens is 248 g/mol. The summed E-state index contributed by atoms with van der Waals surface area (Å²) in [6.07, 6.45) is 3.18. The molecule has 0 saturated carbocycles. The number of ether oxygens (including phenoxy) is 2. The van der Waals surface area contributed by atoms with Crippen LogP contribution in [0.2, 0.25) is 0 Å². The number of esters is 1. The zero-order valence-electron chi connectivity index (χ0n) is 10.8. The lowest BCUT2D eigenvalue weighted by atomic mass is 10.2. The molecule has 1 aromatic carbocycles. The summed E-state index contributed by atoms with van der Waals surface area (Å²) in [7, 11) is 2.84. The van der Waals surface area contributed by atoms with Crippen molar-refractivity contribution in [1.29, 1.82) is 0 Å². The molecule has 0 unspecified atom stereocenters. The van der Waals surface area contributed by atoms with Crippen LogP contribution >= 0.6 is 0 Å². The maximum atomic E-state index is 11.3. The van der Waals surface area contributed by atoms with E-state index in [1.807, 2.05) is 24.3 Å². The Kier molecular flexibility index (Phi) is 5.94. The molecule has 2 N–H and O–H groups in total. The summed E-state index contributed by atoms with van der Waals surface area (Å²) in [5.74, 6) is 0.226. The summed E-state index contributed by atoms with van der Waals surface area (Å²) < 4.78 is 9.46. The lowest BCUT2D eigenvalue weighted by Gasteiger charge is -2.03. The fourth-order valence-electron chi connectivity index (χ4n) is 1.23. The van der Waals surface area contributed by atoms with E-state index in [0.717, 1.165) is 11.3 Å². The standard InChI is InChI=1S/C13H16N2O4/c1-18-11-5-3-4-10(8-11)6-7-14-13(17)15-9-12(16)19-2/h3-8H,9H2,1-2H3,(H2,14,15,17)/b7-6+. The van der Waals surface area contributed by atoms with Gasteiger partial charge in [0.1, 0.15) is 12.3 Å². The third-order valence-corrected chi connectivity index (χ3v) is 2.20. The molecule has 0 fully saturated rings. The number of hydrogen-bond donors (Lipinski definition) is 2. The second kappa shape index (κ2) is 7.75. The molecule has 0 aliphatic heterocycles. The lowest BCUT2D eigenvalue weighted by Crippen LogP contribution is -2.36. The van der Waals surface area contributed by atoms with Gasteiger partial charge >= 0.3 is 12.0 Å². The Labute approximate surface area is 111 Å². The topological polar surface area (TPSA) is 76.7 Å². The van der Waals surface area contributed by atoms with E-state index in [-0.39, 0.29) is 6.54 Å². The second-order valence-corrected chi connectivity index (χ2v) is 3.51. The van der Waals surface area contributed by atoms with Gasteiger partial charge in [-0.05, 0) is 23.8 Å². The number of urea groups is 1. The first-order valence-corrected chi connectivity index (χ1v) is 5.57. The van der Waals surface area contributed by atoms with Crippen molar-refractivity contribution in [3.05, 3.63) is 36.0 Å². The van der Waals surface area contributed by atoms with Gasteiger partial charge in [0.15, 0.2) is 0 Å². The third-order valence-electron chi connectivity index (χ3n) is 2.20. The molecule has 19 heavy (non-hydrogen) atoms. The Hall–Kier alpha value is -2.50. The predicted molar refractivity (Wildman–Crippen MR) is 70.6 cm³/mol. The molecule has 0 aromatic heterocycles. The lowest BCUT2D eigenvalue weighted by molar-refractivity contribution is -0.139. The van der Waals surface area contributed by atoms with E-state index in [1.165, 1.54) is 13.3 Å². The highest BCUT2D eigenvalue weighted by atomic mass is 16.5. The van der Waals surface area contributed by atoms with E-state index in [4.69, 9.17) is 4.74 Å². The van der Waals surface area contributed by atoms with Crippen LogP contribution in [0.4, 0.5) is 4.79 Å². The molecular formula is C13H16N2O4. The highest BCUT2D eigenvalue weighted by Gasteiger charge is 2.02. The van der Waals surface area contributed by atoms with Crippen molar-refractivity contribution in [2.24, 2.45) is 0 Å². The number of carbonyl (C=O) groups is 2. The Bertz CT molecular complexity index is 471. The average Bonchev–Trinajstić information content (AvgIpc) is 2.45. The number of rotatable bonds is 5. The minimum atomic E-state index is -0.507. The van der Waals surface area contributed by atoms with Gasteiger partial charge in [-0.2, -0.15) is 0 Å². The van der Waals surface area contributed by atoms with Crippen molar-refractivity contribution in [2.75, 3.05) is 20.8 Å². The molecule has 6 nitrogen and oxygen atoms in total. The highest BCUT2D eigenvalue weighted by molar-refractivity contribution is 5.81. The number of amides is 2. The van der Waals surface area contributed by atoms with Crippen LogP contribution in [-0.2, 0) is 9.53 Å². The minimum Gasteiger partial charge on any atom is -0.497 e. The van der Waals surface area contributed by atoms with E-state index in [1.54, 1.807) is 13.2 Å². The number of nitrogens with one attached hydrogen (secondary N) is 2. The summed E-state index contributed by atoms with van der Waals surface area (Å²) in [4.78, 5) is 22.1. The Balaban J connectivity index is 2.40. The van der Waals surface area contributed by atoms with Crippen LogP contribution in [0.15, 0.2) is 30.5 Å². The smallest absolute Gasteiger partial charge is 0.325 e. The van der Waals surface area contributed by atoms with Gasteiger partial charge < -0.3 is 20.1 Å². The monoisotopic (exact) mass is 264 g/mol.